The summed E-state index contributed by atoms with van der Waals surface area (Å²) in [5.74, 6) is 0.537. The number of amides is 2. The van der Waals surface area contributed by atoms with Gasteiger partial charge < -0.3 is 24.3 Å². The standard InChI is InChI=1S/C28H24ClN3O4/c1-35-22-12-13-23(25(15-22)36-2)27(33)30-20-9-7-18(8-10-20)28(34)32-17-21-11-14-26(29)31(21)16-19-5-3-4-6-24(19)32/h3-15H,16-17H2,1-2H3,(H,30,33). The van der Waals surface area contributed by atoms with Gasteiger partial charge in [0, 0.05) is 28.7 Å². The number of methoxy groups -OCH3 is 2. The quantitative estimate of drug-likeness (QED) is 0.385. The van der Waals surface area contributed by atoms with E-state index in [0.717, 1.165) is 16.9 Å². The van der Waals surface area contributed by atoms with E-state index in [1.807, 2.05) is 41.0 Å². The summed E-state index contributed by atoms with van der Waals surface area (Å²) in [6, 6.07) is 23.5. The molecule has 4 aromatic rings. The lowest BCUT2D eigenvalue weighted by molar-refractivity contribution is 0.0983. The number of carbonyl (C=O) groups is 2. The predicted octanol–water partition coefficient (Wildman–Crippen LogP) is 5.62. The zero-order chi connectivity index (χ0) is 25.2. The molecule has 0 aliphatic carbocycles. The second kappa shape index (κ2) is 9.79. The number of hydrogen-bond donors (Lipinski definition) is 1. The highest BCUT2D eigenvalue weighted by atomic mass is 35.5. The van der Waals surface area contributed by atoms with Crippen molar-refractivity contribution in [2.45, 2.75) is 13.1 Å². The minimum absolute atomic E-state index is 0.136. The van der Waals surface area contributed by atoms with E-state index in [9.17, 15) is 9.59 Å². The van der Waals surface area contributed by atoms with Gasteiger partial charge in [0.15, 0.2) is 0 Å². The number of para-hydroxylation sites is 1. The fraction of sp³-hybridized carbons (Fsp3) is 0.143. The normalized spacial score (nSPS) is 12.2. The number of fused-ring (bicyclic) bond motifs is 2. The number of anilines is 2. The summed E-state index contributed by atoms with van der Waals surface area (Å²) < 4.78 is 12.5. The van der Waals surface area contributed by atoms with E-state index in [-0.39, 0.29) is 11.8 Å². The predicted molar refractivity (Wildman–Crippen MR) is 139 cm³/mol. The largest absolute Gasteiger partial charge is 0.497 e. The molecular weight excluding hydrogens is 478 g/mol. The van der Waals surface area contributed by atoms with Crippen LogP contribution in [0.15, 0.2) is 78.9 Å². The van der Waals surface area contributed by atoms with Crippen LogP contribution in [0.2, 0.25) is 5.15 Å². The van der Waals surface area contributed by atoms with Gasteiger partial charge in [0.1, 0.15) is 16.7 Å². The van der Waals surface area contributed by atoms with Crippen molar-refractivity contribution in [2.24, 2.45) is 0 Å². The number of carbonyl (C=O) groups excluding carboxylic acids is 2. The first-order chi connectivity index (χ1) is 17.5. The van der Waals surface area contributed by atoms with E-state index in [1.165, 1.54) is 7.11 Å². The van der Waals surface area contributed by atoms with Crippen molar-refractivity contribution < 1.29 is 19.1 Å². The Hall–Kier alpha value is -4.23. The zero-order valence-corrected chi connectivity index (χ0v) is 20.6. The average molecular weight is 502 g/mol. The van der Waals surface area contributed by atoms with Gasteiger partial charge in [0.2, 0.25) is 0 Å². The van der Waals surface area contributed by atoms with Crippen molar-refractivity contribution >= 4 is 34.8 Å². The number of benzene rings is 3. The fourth-order valence-electron chi connectivity index (χ4n) is 4.34. The molecule has 0 bridgehead atoms. The third-order valence-electron chi connectivity index (χ3n) is 6.24. The molecule has 7 nitrogen and oxygen atoms in total. The monoisotopic (exact) mass is 501 g/mol. The van der Waals surface area contributed by atoms with Crippen LogP contribution < -0.4 is 19.7 Å². The van der Waals surface area contributed by atoms with Gasteiger partial charge in [-0.2, -0.15) is 0 Å². The van der Waals surface area contributed by atoms with Crippen LogP contribution in [-0.4, -0.2) is 30.6 Å². The molecule has 0 unspecified atom stereocenters. The van der Waals surface area contributed by atoms with Crippen LogP contribution in [0.4, 0.5) is 11.4 Å². The summed E-state index contributed by atoms with van der Waals surface area (Å²) in [6.07, 6.45) is 0. The second-order valence-corrected chi connectivity index (χ2v) is 8.74. The Morgan fingerprint density at radius 3 is 2.42 bits per heavy atom. The van der Waals surface area contributed by atoms with Crippen molar-refractivity contribution in [1.82, 2.24) is 4.57 Å². The number of rotatable bonds is 5. The minimum Gasteiger partial charge on any atom is -0.497 e. The van der Waals surface area contributed by atoms with Crippen LogP contribution in [0.25, 0.3) is 0 Å². The molecule has 2 heterocycles. The summed E-state index contributed by atoms with van der Waals surface area (Å²) in [5.41, 5.74) is 4.27. The number of ether oxygens (including phenoxy) is 2. The number of aromatic nitrogens is 1. The molecule has 0 saturated heterocycles. The first-order valence-corrected chi connectivity index (χ1v) is 11.7. The Bertz CT molecular complexity index is 1450. The number of nitrogens with one attached hydrogen (secondary N) is 1. The number of hydrogen-bond acceptors (Lipinski definition) is 4. The Morgan fingerprint density at radius 1 is 0.889 bits per heavy atom. The smallest absolute Gasteiger partial charge is 0.259 e. The van der Waals surface area contributed by atoms with Gasteiger partial charge in [-0.15, -0.1) is 0 Å². The molecule has 8 heteroatoms. The lowest BCUT2D eigenvalue weighted by atomic mass is 10.1. The first kappa shape index (κ1) is 23.5. The van der Waals surface area contributed by atoms with Crippen LogP contribution in [-0.2, 0) is 13.1 Å². The summed E-state index contributed by atoms with van der Waals surface area (Å²) >= 11 is 6.39. The van der Waals surface area contributed by atoms with Crippen molar-refractivity contribution in [3.8, 4) is 11.5 Å². The van der Waals surface area contributed by atoms with E-state index < -0.39 is 0 Å². The molecule has 1 aliphatic heterocycles. The molecule has 0 atom stereocenters. The Balaban J connectivity index is 1.37. The maximum absolute atomic E-state index is 13.6. The fourth-order valence-corrected chi connectivity index (χ4v) is 4.57. The molecule has 1 aliphatic rings. The minimum atomic E-state index is -0.326. The second-order valence-electron chi connectivity index (χ2n) is 8.35. The summed E-state index contributed by atoms with van der Waals surface area (Å²) in [5, 5.41) is 3.50. The highest BCUT2D eigenvalue weighted by molar-refractivity contribution is 6.29. The topological polar surface area (TPSA) is 72.8 Å². The van der Waals surface area contributed by atoms with Crippen molar-refractivity contribution in [2.75, 3.05) is 24.4 Å². The third kappa shape index (κ3) is 4.41. The molecule has 0 radical (unpaired) electrons. The van der Waals surface area contributed by atoms with Gasteiger partial charge in [0.25, 0.3) is 11.8 Å². The van der Waals surface area contributed by atoms with Crippen molar-refractivity contribution in [1.29, 1.82) is 0 Å². The molecule has 1 N–H and O–H groups in total. The molecule has 5 rings (SSSR count). The molecule has 1 aromatic heterocycles. The maximum Gasteiger partial charge on any atom is 0.259 e. The Morgan fingerprint density at radius 2 is 1.67 bits per heavy atom. The molecular formula is C28H24ClN3O4. The van der Waals surface area contributed by atoms with Crippen molar-refractivity contribution in [3.63, 3.8) is 0 Å². The number of halogens is 1. The highest BCUT2D eigenvalue weighted by Crippen LogP contribution is 2.32. The Labute approximate surface area is 213 Å². The van der Waals surface area contributed by atoms with Crippen LogP contribution in [0, 0.1) is 0 Å². The zero-order valence-electron chi connectivity index (χ0n) is 19.8. The van der Waals surface area contributed by atoms with Gasteiger partial charge in [0.05, 0.1) is 32.9 Å². The van der Waals surface area contributed by atoms with Gasteiger partial charge in [-0.25, -0.2) is 0 Å². The molecule has 0 fully saturated rings. The SMILES string of the molecule is COc1ccc(C(=O)Nc2ccc(C(=O)N3Cc4ccc(Cl)n4Cc4ccccc43)cc2)c(OC)c1. The van der Waals surface area contributed by atoms with E-state index in [1.54, 1.807) is 54.5 Å². The first-order valence-electron chi connectivity index (χ1n) is 11.4. The van der Waals surface area contributed by atoms with Crippen LogP contribution in [0.3, 0.4) is 0 Å². The maximum atomic E-state index is 13.6. The number of nitrogens with zero attached hydrogens (tertiary/aromatic N) is 2. The van der Waals surface area contributed by atoms with E-state index in [2.05, 4.69) is 5.32 Å². The van der Waals surface area contributed by atoms with Crippen LogP contribution in [0.1, 0.15) is 32.0 Å². The van der Waals surface area contributed by atoms with Gasteiger partial charge in [-0.05, 0) is 60.2 Å². The molecule has 3 aromatic carbocycles. The van der Waals surface area contributed by atoms with E-state index in [4.69, 9.17) is 21.1 Å². The molecule has 0 saturated carbocycles. The summed E-state index contributed by atoms with van der Waals surface area (Å²) in [7, 11) is 3.05. The molecule has 2 amide bonds. The van der Waals surface area contributed by atoms with Gasteiger partial charge in [-0.3, -0.25) is 9.59 Å². The third-order valence-corrected chi connectivity index (χ3v) is 6.57. The lowest BCUT2D eigenvalue weighted by Gasteiger charge is -2.23. The van der Waals surface area contributed by atoms with Crippen LogP contribution >= 0.6 is 11.6 Å². The van der Waals surface area contributed by atoms with E-state index >= 15 is 0 Å². The highest BCUT2D eigenvalue weighted by Gasteiger charge is 2.26. The van der Waals surface area contributed by atoms with E-state index in [0.29, 0.717) is 46.6 Å². The Kier molecular flexibility index (Phi) is 6.40. The van der Waals surface area contributed by atoms with Gasteiger partial charge in [-0.1, -0.05) is 29.8 Å². The summed E-state index contributed by atoms with van der Waals surface area (Å²) in [4.78, 5) is 28.2. The van der Waals surface area contributed by atoms with Crippen molar-refractivity contribution in [3.05, 3.63) is 106 Å². The summed E-state index contributed by atoms with van der Waals surface area (Å²) in [6.45, 7) is 0.999. The molecule has 36 heavy (non-hydrogen) atoms. The van der Waals surface area contributed by atoms with Crippen LogP contribution in [0.5, 0.6) is 11.5 Å². The molecule has 0 spiro atoms. The average Bonchev–Trinajstić information content (AvgIpc) is 3.15. The molecule has 182 valence electrons. The van der Waals surface area contributed by atoms with Gasteiger partial charge >= 0.3 is 0 Å². The lowest BCUT2D eigenvalue weighted by Crippen LogP contribution is -2.30.